The molecule has 1 aromatic heterocycles. The predicted octanol–water partition coefficient (Wildman–Crippen LogP) is 3.18. The number of pyridine rings is 1. The van der Waals surface area contributed by atoms with Crippen molar-refractivity contribution in [3.8, 4) is 0 Å². The SMILES string of the molecule is CN(Cc1ccc(N(C)C)cc1)C(=O)c1cncc(Br)c1. The number of rotatable bonds is 4. The first kappa shape index (κ1) is 15.5. The van der Waals surface area contributed by atoms with Crippen molar-refractivity contribution >= 4 is 27.5 Å². The van der Waals surface area contributed by atoms with Crippen LogP contribution in [-0.2, 0) is 6.54 Å². The van der Waals surface area contributed by atoms with E-state index in [1.165, 1.54) is 0 Å². The third kappa shape index (κ3) is 4.04. The normalized spacial score (nSPS) is 10.3. The van der Waals surface area contributed by atoms with E-state index in [4.69, 9.17) is 0 Å². The lowest BCUT2D eigenvalue weighted by molar-refractivity contribution is 0.0784. The van der Waals surface area contributed by atoms with Gasteiger partial charge in [0.25, 0.3) is 5.91 Å². The lowest BCUT2D eigenvalue weighted by Gasteiger charge is -2.18. The van der Waals surface area contributed by atoms with Crippen LogP contribution in [0.1, 0.15) is 15.9 Å². The van der Waals surface area contributed by atoms with Gasteiger partial charge in [0.05, 0.1) is 5.56 Å². The molecule has 0 aliphatic carbocycles. The van der Waals surface area contributed by atoms with Crippen molar-refractivity contribution < 1.29 is 4.79 Å². The average Bonchev–Trinajstić information content (AvgIpc) is 2.47. The van der Waals surface area contributed by atoms with Crippen molar-refractivity contribution in [3.05, 3.63) is 58.3 Å². The van der Waals surface area contributed by atoms with E-state index in [0.29, 0.717) is 12.1 Å². The van der Waals surface area contributed by atoms with Gasteiger partial charge in [-0.05, 0) is 39.7 Å². The van der Waals surface area contributed by atoms with Crippen LogP contribution in [0.4, 0.5) is 5.69 Å². The van der Waals surface area contributed by atoms with Crippen molar-refractivity contribution in [3.63, 3.8) is 0 Å². The van der Waals surface area contributed by atoms with Crippen LogP contribution in [0.3, 0.4) is 0 Å². The minimum absolute atomic E-state index is 0.0412. The molecule has 5 heteroatoms. The molecule has 0 spiro atoms. The monoisotopic (exact) mass is 347 g/mol. The number of hydrogen-bond acceptors (Lipinski definition) is 3. The van der Waals surface area contributed by atoms with E-state index in [1.807, 2.05) is 43.3 Å². The highest BCUT2D eigenvalue weighted by Crippen LogP contribution is 2.15. The standard InChI is InChI=1S/C16H18BrN3O/c1-19(2)15-6-4-12(5-7-15)11-20(3)16(21)13-8-14(17)10-18-9-13/h4-10H,11H2,1-3H3. The smallest absolute Gasteiger partial charge is 0.255 e. The highest BCUT2D eigenvalue weighted by atomic mass is 79.9. The van der Waals surface area contributed by atoms with Gasteiger partial charge in [0, 0.05) is 50.2 Å². The van der Waals surface area contributed by atoms with Crippen molar-refractivity contribution in [1.82, 2.24) is 9.88 Å². The van der Waals surface area contributed by atoms with E-state index in [1.54, 1.807) is 30.4 Å². The second kappa shape index (κ2) is 6.72. The number of carbonyl (C=O) groups is 1. The second-order valence-electron chi connectivity index (χ2n) is 5.11. The van der Waals surface area contributed by atoms with Gasteiger partial charge in [-0.1, -0.05) is 12.1 Å². The molecule has 4 nitrogen and oxygen atoms in total. The average molecular weight is 348 g/mol. The Hall–Kier alpha value is -1.88. The highest BCUT2D eigenvalue weighted by molar-refractivity contribution is 9.10. The van der Waals surface area contributed by atoms with Crippen LogP contribution in [-0.4, -0.2) is 36.9 Å². The lowest BCUT2D eigenvalue weighted by Crippen LogP contribution is -2.26. The quantitative estimate of drug-likeness (QED) is 0.852. The first-order valence-electron chi connectivity index (χ1n) is 6.59. The van der Waals surface area contributed by atoms with Crippen LogP contribution >= 0.6 is 15.9 Å². The molecule has 0 unspecified atom stereocenters. The molecule has 0 fully saturated rings. The maximum absolute atomic E-state index is 12.3. The molecule has 0 saturated heterocycles. The molecule has 0 radical (unpaired) electrons. The zero-order valence-corrected chi connectivity index (χ0v) is 14.0. The van der Waals surface area contributed by atoms with Gasteiger partial charge in [-0.25, -0.2) is 0 Å². The van der Waals surface area contributed by atoms with Crippen LogP contribution in [0, 0.1) is 0 Å². The number of nitrogens with zero attached hydrogens (tertiary/aromatic N) is 3. The molecule has 0 atom stereocenters. The molecule has 0 aliphatic heterocycles. The predicted molar refractivity (Wildman–Crippen MR) is 88.5 cm³/mol. The van der Waals surface area contributed by atoms with E-state index in [-0.39, 0.29) is 5.91 Å². The van der Waals surface area contributed by atoms with Gasteiger partial charge in [-0.2, -0.15) is 0 Å². The number of halogens is 1. The summed E-state index contributed by atoms with van der Waals surface area (Å²) in [5.41, 5.74) is 2.82. The topological polar surface area (TPSA) is 36.4 Å². The van der Waals surface area contributed by atoms with Crippen molar-refractivity contribution in [1.29, 1.82) is 0 Å². The summed E-state index contributed by atoms with van der Waals surface area (Å²) >= 11 is 3.33. The van der Waals surface area contributed by atoms with E-state index < -0.39 is 0 Å². The molecule has 1 aromatic carbocycles. The molecule has 110 valence electrons. The maximum atomic E-state index is 12.3. The molecule has 2 rings (SSSR count). The Kier molecular flexibility index (Phi) is 4.96. The van der Waals surface area contributed by atoms with E-state index in [2.05, 4.69) is 20.9 Å². The van der Waals surface area contributed by atoms with Crippen molar-refractivity contribution in [2.75, 3.05) is 26.0 Å². The Morgan fingerprint density at radius 3 is 2.38 bits per heavy atom. The fraction of sp³-hybridized carbons (Fsp3) is 0.250. The fourth-order valence-corrected chi connectivity index (χ4v) is 2.36. The van der Waals surface area contributed by atoms with Gasteiger partial charge in [0.2, 0.25) is 0 Å². The number of carbonyl (C=O) groups excluding carboxylic acids is 1. The molecule has 21 heavy (non-hydrogen) atoms. The summed E-state index contributed by atoms with van der Waals surface area (Å²) in [4.78, 5) is 20.1. The molecule has 1 heterocycles. The van der Waals surface area contributed by atoms with Crippen LogP contribution < -0.4 is 4.90 Å². The third-order valence-corrected chi connectivity index (χ3v) is 3.60. The van der Waals surface area contributed by atoms with Crippen LogP contribution in [0.15, 0.2) is 47.2 Å². The summed E-state index contributed by atoms with van der Waals surface area (Å²) < 4.78 is 0.803. The zero-order chi connectivity index (χ0) is 15.4. The number of aromatic nitrogens is 1. The Morgan fingerprint density at radius 1 is 1.14 bits per heavy atom. The van der Waals surface area contributed by atoms with E-state index in [9.17, 15) is 4.79 Å². The third-order valence-electron chi connectivity index (χ3n) is 3.17. The molecular weight excluding hydrogens is 330 g/mol. The van der Waals surface area contributed by atoms with E-state index >= 15 is 0 Å². The van der Waals surface area contributed by atoms with Gasteiger partial charge in [-0.3, -0.25) is 9.78 Å². The van der Waals surface area contributed by atoms with Gasteiger partial charge >= 0.3 is 0 Å². The summed E-state index contributed by atoms with van der Waals surface area (Å²) in [7, 11) is 5.80. The summed E-state index contributed by atoms with van der Waals surface area (Å²) in [6.45, 7) is 0.569. The van der Waals surface area contributed by atoms with Gasteiger partial charge in [0.15, 0.2) is 0 Å². The largest absolute Gasteiger partial charge is 0.378 e. The molecule has 0 aliphatic rings. The molecule has 2 aromatic rings. The molecular formula is C16H18BrN3O. The van der Waals surface area contributed by atoms with E-state index in [0.717, 1.165) is 15.7 Å². The first-order valence-corrected chi connectivity index (χ1v) is 7.39. The summed E-state index contributed by atoms with van der Waals surface area (Å²) in [6, 6.07) is 9.96. The van der Waals surface area contributed by atoms with Crippen LogP contribution in [0.5, 0.6) is 0 Å². The van der Waals surface area contributed by atoms with Crippen LogP contribution in [0.2, 0.25) is 0 Å². The number of anilines is 1. The Balaban J connectivity index is 2.07. The Bertz CT molecular complexity index is 626. The Morgan fingerprint density at radius 2 is 1.81 bits per heavy atom. The summed E-state index contributed by atoms with van der Waals surface area (Å²) in [5, 5.41) is 0. The van der Waals surface area contributed by atoms with Gasteiger partial charge < -0.3 is 9.80 Å². The number of amides is 1. The van der Waals surface area contributed by atoms with Crippen LogP contribution in [0.25, 0.3) is 0 Å². The Labute approximate surface area is 133 Å². The fourth-order valence-electron chi connectivity index (χ4n) is 1.99. The zero-order valence-electron chi connectivity index (χ0n) is 12.4. The number of benzene rings is 1. The van der Waals surface area contributed by atoms with Gasteiger partial charge in [-0.15, -0.1) is 0 Å². The second-order valence-corrected chi connectivity index (χ2v) is 6.03. The van der Waals surface area contributed by atoms with Crippen molar-refractivity contribution in [2.45, 2.75) is 6.54 Å². The summed E-state index contributed by atoms with van der Waals surface area (Å²) in [5.74, 6) is -0.0412. The summed E-state index contributed by atoms with van der Waals surface area (Å²) in [6.07, 6.45) is 3.25. The molecule has 1 amide bonds. The van der Waals surface area contributed by atoms with Crippen molar-refractivity contribution in [2.24, 2.45) is 0 Å². The maximum Gasteiger partial charge on any atom is 0.255 e. The lowest BCUT2D eigenvalue weighted by atomic mass is 10.1. The molecule has 0 N–H and O–H groups in total. The number of hydrogen-bond donors (Lipinski definition) is 0. The minimum atomic E-state index is -0.0412. The molecule has 0 saturated carbocycles. The van der Waals surface area contributed by atoms with Gasteiger partial charge in [0.1, 0.15) is 0 Å². The highest BCUT2D eigenvalue weighted by Gasteiger charge is 2.12. The molecule has 0 bridgehead atoms. The minimum Gasteiger partial charge on any atom is -0.378 e. The first-order chi connectivity index (χ1) is 9.97.